The second-order valence-corrected chi connectivity index (χ2v) is 7.12. The lowest BCUT2D eigenvalue weighted by Gasteiger charge is -2.19. The fourth-order valence-corrected chi connectivity index (χ4v) is 3.33. The van der Waals surface area contributed by atoms with Gasteiger partial charge in [0.1, 0.15) is 6.10 Å². The Morgan fingerprint density at radius 3 is 2.95 bits per heavy atom. The molecular formula is C15H27N3O2S. The van der Waals surface area contributed by atoms with Crippen LogP contribution in [0.3, 0.4) is 0 Å². The molecule has 0 aliphatic carbocycles. The molecule has 1 aliphatic heterocycles. The zero-order valence-corrected chi connectivity index (χ0v) is 14.1. The molecule has 1 saturated heterocycles. The monoisotopic (exact) mass is 313 g/mol. The second kappa shape index (κ2) is 8.76. The molecule has 0 amide bonds. The summed E-state index contributed by atoms with van der Waals surface area (Å²) in [6.07, 6.45) is 3.04. The number of hydrogen-bond acceptors (Lipinski definition) is 6. The summed E-state index contributed by atoms with van der Waals surface area (Å²) >= 11 is 1.88. The summed E-state index contributed by atoms with van der Waals surface area (Å²) in [6, 6.07) is 0.403. The van der Waals surface area contributed by atoms with Crippen LogP contribution < -0.4 is 5.32 Å². The number of aromatic nitrogens is 2. The van der Waals surface area contributed by atoms with Gasteiger partial charge in [0, 0.05) is 24.0 Å². The number of hydrogen-bond donors (Lipinski definition) is 1. The molecule has 1 aromatic rings. The first-order valence-corrected chi connectivity index (χ1v) is 9.09. The molecule has 1 aliphatic rings. The highest BCUT2D eigenvalue weighted by Gasteiger charge is 2.23. The molecule has 2 heterocycles. The zero-order valence-electron chi connectivity index (χ0n) is 13.3. The highest BCUT2D eigenvalue weighted by atomic mass is 32.2. The van der Waals surface area contributed by atoms with Crippen molar-refractivity contribution in [3.05, 3.63) is 11.7 Å². The van der Waals surface area contributed by atoms with Crippen molar-refractivity contribution in [2.75, 3.05) is 24.7 Å². The molecule has 5 nitrogen and oxygen atoms in total. The normalized spacial score (nSPS) is 20.9. The van der Waals surface area contributed by atoms with Gasteiger partial charge in [-0.3, -0.25) is 0 Å². The summed E-state index contributed by atoms with van der Waals surface area (Å²) in [5, 5.41) is 7.68. The van der Waals surface area contributed by atoms with Crippen LogP contribution in [0.25, 0.3) is 0 Å². The Kier molecular flexibility index (Phi) is 6.99. The molecule has 1 N–H and O–H groups in total. The lowest BCUT2D eigenvalue weighted by atomic mass is 10.0. The molecule has 0 aromatic carbocycles. The van der Waals surface area contributed by atoms with Crippen molar-refractivity contribution in [1.82, 2.24) is 15.5 Å². The Bertz CT molecular complexity index is 405. The number of nitrogens with one attached hydrogen (secondary N) is 1. The van der Waals surface area contributed by atoms with E-state index in [1.165, 1.54) is 0 Å². The van der Waals surface area contributed by atoms with Gasteiger partial charge in [-0.15, -0.1) is 0 Å². The van der Waals surface area contributed by atoms with Gasteiger partial charge in [0.05, 0.1) is 6.61 Å². The summed E-state index contributed by atoms with van der Waals surface area (Å²) in [4.78, 5) is 4.53. The van der Waals surface area contributed by atoms with E-state index in [1.807, 2.05) is 11.8 Å². The Balaban J connectivity index is 1.91. The van der Waals surface area contributed by atoms with E-state index in [4.69, 9.17) is 9.26 Å². The molecule has 2 unspecified atom stereocenters. The van der Waals surface area contributed by atoms with Crippen molar-refractivity contribution in [1.29, 1.82) is 0 Å². The van der Waals surface area contributed by atoms with Gasteiger partial charge in [0.2, 0.25) is 11.7 Å². The summed E-state index contributed by atoms with van der Waals surface area (Å²) in [5.41, 5.74) is 0. The van der Waals surface area contributed by atoms with Gasteiger partial charge in [-0.25, -0.2) is 0 Å². The standard InChI is InChI=1S/C15H27N3O2S/c1-4-5-16-12(8-11(2)3)9-14-17-15(18-20-14)13-10-21-7-6-19-13/h11-13,16H,4-10H2,1-3H3. The van der Waals surface area contributed by atoms with Gasteiger partial charge in [-0.1, -0.05) is 25.9 Å². The number of thioether (sulfide) groups is 1. The topological polar surface area (TPSA) is 60.2 Å². The average Bonchev–Trinajstić information content (AvgIpc) is 2.93. The highest BCUT2D eigenvalue weighted by molar-refractivity contribution is 7.99. The molecule has 0 bridgehead atoms. The van der Waals surface area contributed by atoms with Gasteiger partial charge in [0.15, 0.2) is 0 Å². The minimum absolute atomic E-state index is 0.00611. The van der Waals surface area contributed by atoms with Crippen molar-refractivity contribution in [2.24, 2.45) is 5.92 Å². The Labute approximate surface area is 131 Å². The zero-order chi connectivity index (χ0) is 15.1. The van der Waals surface area contributed by atoms with Crippen LogP contribution in [0.2, 0.25) is 0 Å². The van der Waals surface area contributed by atoms with Gasteiger partial charge >= 0.3 is 0 Å². The van der Waals surface area contributed by atoms with Crippen LogP contribution in [-0.2, 0) is 11.2 Å². The average molecular weight is 313 g/mol. The molecule has 2 atom stereocenters. The maximum absolute atomic E-state index is 5.69. The van der Waals surface area contributed by atoms with E-state index in [2.05, 4.69) is 36.2 Å². The molecular weight excluding hydrogens is 286 g/mol. The third-order valence-corrected chi connectivity index (χ3v) is 4.44. The molecule has 21 heavy (non-hydrogen) atoms. The van der Waals surface area contributed by atoms with E-state index in [9.17, 15) is 0 Å². The fraction of sp³-hybridized carbons (Fsp3) is 0.867. The Morgan fingerprint density at radius 2 is 2.29 bits per heavy atom. The summed E-state index contributed by atoms with van der Waals surface area (Å²) in [7, 11) is 0. The van der Waals surface area contributed by atoms with E-state index in [0.29, 0.717) is 17.8 Å². The van der Waals surface area contributed by atoms with Crippen LogP contribution in [0.4, 0.5) is 0 Å². The predicted octanol–water partition coefficient (Wildman–Crippen LogP) is 2.83. The second-order valence-electron chi connectivity index (χ2n) is 5.97. The van der Waals surface area contributed by atoms with E-state index >= 15 is 0 Å². The third kappa shape index (κ3) is 5.60. The largest absolute Gasteiger partial charge is 0.368 e. The summed E-state index contributed by atoms with van der Waals surface area (Å²) in [6.45, 7) is 8.47. The molecule has 120 valence electrons. The molecule has 2 rings (SSSR count). The first kappa shape index (κ1) is 16.8. The van der Waals surface area contributed by atoms with Crippen molar-refractivity contribution in [2.45, 2.75) is 52.2 Å². The lowest BCUT2D eigenvalue weighted by Crippen LogP contribution is -2.33. The molecule has 0 radical (unpaired) electrons. The van der Waals surface area contributed by atoms with Crippen LogP contribution >= 0.6 is 11.8 Å². The van der Waals surface area contributed by atoms with Crippen LogP contribution in [-0.4, -0.2) is 40.8 Å². The van der Waals surface area contributed by atoms with Crippen molar-refractivity contribution >= 4 is 11.8 Å². The smallest absolute Gasteiger partial charge is 0.228 e. The molecule has 1 aromatic heterocycles. The molecule has 1 fully saturated rings. The van der Waals surface area contributed by atoms with Crippen LogP contribution in [0.5, 0.6) is 0 Å². The molecule has 0 spiro atoms. The van der Waals surface area contributed by atoms with Gasteiger partial charge in [-0.2, -0.15) is 16.7 Å². The van der Waals surface area contributed by atoms with Crippen molar-refractivity contribution < 1.29 is 9.26 Å². The summed E-state index contributed by atoms with van der Waals surface area (Å²) in [5.74, 6) is 4.05. The molecule has 6 heteroatoms. The number of ether oxygens (including phenoxy) is 1. The minimum atomic E-state index is -0.00611. The minimum Gasteiger partial charge on any atom is -0.368 e. The predicted molar refractivity (Wildman–Crippen MR) is 85.6 cm³/mol. The van der Waals surface area contributed by atoms with Crippen molar-refractivity contribution in [3.8, 4) is 0 Å². The Hall–Kier alpha value is -0.590. The maximum atomic E-state index is 5.69. The first-order valence-electron chi connectivity index (χ1n) is 7.94. The van der Waals surface area contributed by atoms with E-state index in [-0.39, 0.29) is 6.10 Å². The van der Waals surface area contributed by atoms with Crippen LogP contribution in [0.1, 0.15) is 51.4 Å². The fourth-order valence-electron chi connectivity index (χ4n) is 2.49. The SMILES string of the molecule is CCCNC(Cc1nc(C2CSCCO2)no1)CC(C)C. The maximum Gasteiger partial charge on any atom is 0.228 e. The number of rotatable bonds is 8. The van der Waals surface area contributed by atoms with E-state index in [0.717, 1.165) is 49.8 Å². The number of nitrogens with zero attached hydrogens (tertiary/aromatic N) is 2. The van der Waals surface area contributed by atoms with Gasteiger partial charge in [0.25, 0.3) is 0 Å². The highest BCUT2D eigenvalue weighted by Crippen LogP contribution is 2.24. The first-order chi connectivity index (χ1) is 10.2. The Morgan fingerprint density at radius 1 is 1.43 bits per heavy atom. The quantitative estimate of drug-likeness (QED) is 0.796. The van der Waals surface area contributed by atoms with Crippen LogP contribution in [0.15, 0.2) is 4.52 Å². The molecule has 0 saturated carbocycles. The van der Waals surface area contributed by atoms with E-state index < -0.39 is 0 Å². The third-order valence-electron chi connectivity index (χ3n) is 3.45. The van der Waals surface area contributed by atoms with Gasteiger partial charge in [-0.05, 0) is 25.3 Å². The van der Waals surface area contributed by atoms with Crippen molar-refractivity contribution in [3.63, 3.8) is 0 Å². The summed E-state index contributed by atoms with van der Waals surface area (Å²) < 4.78 is 11.1. The lowest BCUT2D eigenvalue weighted by molar-refractivity contribution is 0.0677. The van der Waals surface area contributed by atoms with E-state index in [1.54, 1.807) is 0 Å². The van der Waals surface area contributed by atoms with Crippen LogP contribution in [0, 0.1) is 5.92 Å². The van der Waals surface area contributed by atoms with Gasteiger partial charge < -0.3 is 14.6 Å².